The first-order valence-corrected chi connectivity index (χ1v) is 7.54. The summed E-state index contributed by atoms with van der Waals surface area (Å²) in [5.74, 6) is 0.646. The Morgan fingerprint density at radius 3 is 1.59 bits per heavy atom. The molecule has 3 heteroatoms. The van der Waals surface area contributed by atoms with E-state index in [2.05, 4.69) is 0 Å². The van der Waals surface area contributed by atoms with Gasteiger partial charge in [0.05, 0.1) is 0 Å². The normalized spacial score (nSPS) is 10.6. The van der Waals surface area contributed by atoms with Crippen LogP contribution in [-0.2, 0) is 17.6 Å². The Morgan fingerprint density at radius 2 is 1.23 bits per heavy atom. The molecule has 0 aliphatic rings. The minimum Gasteiger partial charge on any atom is -0.508 e. The van der Waals surface area contributed by atoms with E-state index in [0.29, 0.717) is 25.7 Å². The highest BCUT2D eigenvalue weighted by Gasteiger charge is 2.08. The third kappa shape index (κ3) is 4.35. The second-order valence-corrected chi connectivity index (χ2v) is 5.80. The number of aryl methyl sites for hydroxylation is 4. The molecule has 0 saturated carbocycles. The van der Waals surface area contributed by atoms with E-state index < -0.39 is 0 Å². The van der Waals surface area contributed by atoms with Crippen molar-refractivity contribution in [3.05, 3.63) is 58.7 Å². The van der Waals surface area contributed by atoms with Crippen LogP contribution in [0.3, 0.4) is 0 Å². The Bertz CT molecular complexity index is 617. The van der Waals surface area contributed by atoms with Gasteiger partial charge in [-0.2, -0.15) is 0 Å². The lowest BCUT2D eigenvalue weighted by atomic mass is 10.0. The number of benzene rings is 2. The van der Waals surface area contributed by atoms with Crippen LogP contribution < -0.4 is 0 Å². The van der Waals surface area contributed by atoms with Gasteiger partial charge in [0.25, 0.3) is 0 Å². The fourth-order valence-electron chi connectivity index (χ4n) is 2.44. The van der Waals surface area contributed by atoms with Crippen molar-refractivity contribution in [3.8, 4) is 11.5 Å². The fourth-order valence-corrected chi connectivity index (χ4v) is 2.44. The highest BCUT2D eigenvalue weighted by atomic mass is 16.3. The van der Waals surface area contributed by atoms with Crippen molar-refractivity contribution in [1.82, 2.24) is 0 Å². The number of rotatable bonds is 6. The Labute approximate surface area is 131 Å². The maximum Gasteiger partial charge on any atom is 0.133 e. The van der Waals surface area contributed by atoms with Crippen LogP contribution in [0.25, 0.3) is 0 Å². The van der Waals surface area contributed by atoms with Gasteiger partial charge in [0.1, 0.15) is 17.3 Å². The number of phenolic OH excluding ortho intramolecular Hbond substituents is 2. The molecule has 0 spiro atoms. The molecule has 2 rings (SSSR count). The third-order valence-electron chi connectivity index (χ3n) is 3.83. The summed E-state index contributed by atoms with van der Waals surface area (Å²) in [5, 5.41) is 19.7. The Morgan fingerprint density at radius 1 is 0.818 bits per heavy atom. The Hall–Kier alpha value is -2.29. The van der Waals surface area contributed by atoms with Gasteiger partial charge in [-0.15, -0.1) is 0 Å². The second-order valence-electron chi connectivity index (χ2n) is 5.80. The zero-order chi connectivity index (χ0) is 16.1. The summed E-state index contributed by atoms with van der Waals surface area (Å²) in [4.78, 5) is 12.0. The van der Waals surface area contributed by atoms with Crippen molar-refractivity contribution in [3.63, 3.8) is 0 Å². The summed E-state index contributed by atoms with van der Waals surface area (Å²) >= 11 is 0. The minimum atomic E-state index is 0.139. The first-order valence-electron chi connectivity index (χ1n) is 7.54. The molecular formula is C19H22O3. The van der Waals surface area contributed by atoms with E-state index in [1.165, 1.54) is 0 Å². The van der Waals surface area contributed by atoms with Crippen molar-refractivity contribution in [2.75, 3.05) is 0 Å². The predicted molar refractivity (Wildman–Crippen MR) is 87.3 cm³/mol. The van der Waals surface area contributed by atoms with Gasteiger partial charge in [0.2, 0.25) is 0 Å². The predicted octanol–water partition coefficient (Wildman–Crippen LogP) is 3.85. The smallest absolute Gasteiger partial charge is 0.133 e. The molecule has 3 nitrogen and oxygen atoms in total. The van der Waals surface area contributed by atoms with Crippen molar-refractivity contribution in [1.29, 1.82) is 0 Å². The molecule has 2 aromatic carbocycles. The SMILES string of the molecule is Cc1ccc(CCC(=O)CCc2ccc(C)cc2O)c(O)c1. The molecule has 0 saturated heterocycles. The lowest BCUT2D eigenvalue weighted by Crippen LogP contribution is -2.02. The molecule has 22 heavy (non-hydrogen) atoms. The van der Waals surface area contributed by atoms with E-state index in [1.54, 1.807) is 12.1 Å². The summed E-state index contributed by atoms with van der Waals surface area (Å²) in [7, 11) is 0. The minimum absolute atomic E-state index is 0.139. The second kappa shape index (κ2) is 7.12. The van der Waals surface area contributed by atoms with E-state index in [4.69, 9.17) is 0 Å². The van der Waals surface area contributed by atoms with Crippen LogP contribution in [0.4, 0.5) is 0 Å². The van der Waals surface area contributed by atoms with Crippen molar-refractivity contribution < 1.29 is 15.0 Å². The van der Waals surface area contributed by atoms with Gasteiger partial charge in [-0.1, -0.05) is 24.3 Å². The lowest BCUT2D eigenvalue weighted by Gasteiger charge is -2.07. The highest BCUT2D eigenvalue weighted by molar-refractivity contribution is 5.79. The van der Waals surface area contributed by atoms with Gasteiger partial charge in [-0.05, 0) is 61.1 Å². The number of carbonyl (C=O) groups is 1. The standard InChI is InChI=1S/C19H22O3/c1-13-3-5-15(18(21)11-13)7-9-17(20)10-8-16-6-4-14(2)12-19(16)22/h3-6,11-12,21-22H,7-10H2,1-2H3. The number of phenols is 2. The van der Waals surface area contributed by atoms with Crippen molar-refractivity contribution in [2.24, 2.45) is 0 Å². The van der Waals surface area contributed by atoms with Crippen LogP contribution >= 0.6 is 0 Å². The monoisotopic (exact) mass is 298 g/mol. The number of carbonyl (C=O) groups excluding carboxylic acids is 1. The fraction of sp³-hybridized carbons (Fsp3) is 0.316. The molecule has 2 N–H and O–H groups in total. The topological polar surface area (TPSA) is 57.5 Å². The van der Waals surface area contributed by atoms with Gasteiger partial charge in [0.15, 0.2) is 0 Å². The van der Waals surface area contributed by atoms with Crippen LogP contribution in [0.15, 0.2) is 36.4 Å². The quantitative estimate of drug-likeness (QED) is 0.851. The molecule has 0 radical (unpaired) electrons. The molecule has 0 atom stereocenters. The van der Waals surface area contributed by atoms with Crippen LogP contribution in [-0.4, -0.2) is 16.0 Å². The van der Waals surface area contributed by atoms with Gasteiger partial charge < -0.3 is 10.2 Å². The maximum atomic E-state index is 12.0. The van der Waals surface area contributed by atoms with Crippen LogP contribution in [0.5, 0.6) is 11.5 Å². The molecule has 0 heterocycles. The largest absolute Gasteiger partial charge is 0.508 e. The van der Waals surface area contributed by atoms with Gasteiger partial charge in [-0.3, -0.25) is 4.79 Å². The van der Waals surface area contributed by atoms with Crippen LogP contribution in [0.2, 0.25) is 0 Å². The Kier molecular flexibility index (Phi) is 5.21. The molecule has 0 aromatic heterocycles. The number of hydrogen-bond acceptors (Lipinski definition) is 3. The molecule has 0 unspecified atom stereocenters. The van der Waals surface area contributed by atoms with Crippen molar-refractivity contribution >= 4 is 5.78 Å². The highest BCUT2D eigenvalue weighted by Crippen LogP contribution is 2.22. The summed E-state index contributed by atoms with van der Waals surface area (Å²) in [5.41, 5.74) is 3.61. The first-order chi connectivity index (χ1) is 10.5. The summed E-state index contributed by atoms with van der Waals surface area (Å²) in [6.07, 6.45) is 1.90. The zero-order valence-corrected chi connectivity index (χ0v) is 13.1. The number of hydrogen-bond donors (Lipinski definition) is 2. The third-order valence-corrected chi connectivity index (χ3v) is 3.83. The molecule has 0 aliphatic heterocycles. The molecule has 0 aliphatic carbocycles. The van der Waals surface area contributed by atoms with E-state index in [9.17, 15) is 15.0 Å². The molecule has 0 amide bonds. The molecule has 116 valence electrons. The van der Waals surface area contributed by atoms with Gasteiger partial charge in [0, 0.05) is 12.8 Å². The molecule has 0 fully saturated rings. The van der Waals surface area contributed by atoms with Crippen molar-refractivity contribution in [2.45, 2.75) is 39.5 Å². The number of aromatic hydroxyl groups is 2. The van der Waals surface area contributed by atoms with Gasteiger partial charge >= 0.3 is 0 Å². The van der Waals surface area contributed by atoms with Gasteiger partial charge in [-0.25, -0.2) is 0 Å². The average Bonchev–Trinajstić information content (AvgIpc) is 2.45. The van der Waals surface area contributed by atoms with E-state index in [1.807, 2.05) is 38.1 Å². The first kappa shape index (κ1) is 16.1. The van der Waals surface area contributed by atoms with E-state index >= 15 is 0 Å². The summed E-state index contributed by atoms with van der Waals surface area (Å²) in [6, 6.07) is 11.0. The Balaban J connectivity index is 1.85. The van der Waals surface area contributed by atoms with Crippen LogP contribution in [0, 0.1) is 13.8 Å². The average molecular weight is 298 g/mol. The molecular weight excluding hydrogens is 276 g/mol. The maximum absolute atomic E-state index is 12.0. The summed E-state index contributed by atoms with van der Waals surface area (Å²) in [6.45, 7) is 3.84. The summed E-state index contributed by atoms with van der Waals surface area (Å²) < 4.78 is 0. The van der Waals surface area contributed by atoms with E-state index in [-0.39, 0.29) is 17.3 Å². The molecule has 0 bridgehead atoms. The lowest BCUT2D eigenvalue weighted by molar-refractivity contribution is -0.119. The van der Waals surface area contributed by atoms with Crippen LogP contribution in [0.1, 0.15) is 35.1 Å². The number of Topliss-reactive ketones (excluding diaryl/α,β-unsaturated/α-hetero) is 1. The number of ketones is 1. The van der Waals surface area contributed by atoms with E-state index in [0.717, 1.165) is 22.3 Å². The zero-order valence-electron chi connectivity index (χ0n) is 13.1. The molecule has 2 aromatic rings.